The first-order valence-corrected chi connectivity index (χ1v) is 10.3. The number of guanidine groups is 1. The number of hydrogen-bond acceptors (Lipinski definition) is 3. The minimum absolute atomic E-state index is 0. The summed E-state index contributed by atoms with van der Waals surface area (Å²) in [5.74, 6) is 1.87. The standard InChI is InChI=1S/C19H34N4S.HI/c1-4-20-19(22-15-18-8-7-17(3)24-18)21-11-5-6-12-23-13-9-16(2)10-14-23;/h7-8,16H,4-6,9-15H2,1-3H3,(H2,20,21,22);1H. The summed E-state index contributed by atoms with van der Waals surface area (Å²) in [7, 11) is 0. The van der Waals surface area contributed by atoms with E-state index in [4.69, 9.17) is 0 Å². The van der Waals surface area contributed by atoms with E-state index >= 15 is 0 Å². The van der Waals surface area contributed by atoms with Crippen molar-refractivity contribution in [2.45, 2.75) is 53.0 Å². The highest BCUT2D eigenvalue weighted by Gasteiger charge is 2.14. The molecule has 0 bridgehead atoms. The Balaban J connectivity index is 0.00000312. The fourth-order valence-corrected chi connectivity index (χ4v) is 3.84. The minimum atomic E-state index is 0. The molecule has 1 aromatic heterocycles. The van der Waals surface area contributed by atoms with E-state index < -0.39 is 0 Å². The van der Waals surface area contributed by atoms with Crippen LogP contribution in [0.25, 0.3) is 0 Å². The Morgan fingerprint density at radius 1 is 1.24 bits per heavy atom. The first kappa shape index (κ1) is 22.7. The topological polar surface area (TPSA) is 39.7 Å². The molecule has 0 aromatic carbocycles. The van der Waals surface area contributed by atoms with Crippen LogP contribution in [-0.2, 0) is 6.54 Å². The van der Waals surface area contributed by atoms with Crippen molar-refractivity contribution in [1.29, 1.82) is 0 Å². The van der Waals surface area contributed by atoms with Crippen molar-refractivity contribution in [3.63, 3.8) is 0 Å². The summed E-state index contributed by atoms with van der Waals surface area (Å²) in [5.41, 5.74) is 0. The maximum Gasteiger partial charge on any atom is 0.191 e. The van der Waals surface area contributed by atoms with Crippen LogP contribution in [0.15, 0.2) is 17.1 Å². The molecule has 0 spiro atoms. The van der Waals surface area contributed by atoms with E-state index in [0.717, 1.165) is 31.5 Å². The van der Waals surface area contributed by atoms with E-state index in [-0.39, 0.29) is 24.0 Å². The van der Waals surface area contributed by atoms with Gasteiger partial charge in [0.2, 0.25) is 0 Å². The van der Waals surface area contributed by atoms with Crippen molar-refractivity contribution in [1.82, 2.24) is 15.5 Å². The third-order valence-corrected chi connectivity index (χ3v) is 5.59. The number of hydrogen-bond donors (Lipinski definition) is 2. The van der Waals surface area contributed by atoms with E-state index in [1.54, 1.807) is 0 Å². The second kappa shape index (κ2) is 12.9. The molecule has 0 saturated carbocycles. The van der Waals surface area contributed by atoms with Gasteiger partial charge in [0.25, 0.3) is 0 Å². The molecule has 0 amide bonds. The molecule has 0 atom stereocenters. The lowest BCUT2D eigenvalue weighted by molar-refractivity contribution is 0.189. The fraction of sp³-hybridized carbons (Fsp3) is 0.737. The Kier molecular flexibility index (Phi) is 11.7. The molecular weight excluding hydrogens is 443 g/mol. The van der Waals surface area contributed by atoms with Crippen LogP contribution >= 0.6 is 35.3 Å². The normalized spacial score (nSPS) is 16.5. The van der Waals surface area contributed by atoms with Crippen LogP contribution < -0.4 is 10.6 Å². The van der Waals surface area contributed by atoms with E-state index in [1.807, 2.05) is 11.3 Å². The summed E-state index contributed by atoms with van der Waals surface area (Å²) >= 11 is 1.83. The average Bonchev–Trinajstić information content (AvgIpc) is 2.99. The predicted molar refractivity (Wildman–Crippen MR) is 121 cm³/mol. The zero-order valence-corrected chi connectivity index (χ0v) is 19.2. The van der Waals surface area contributed by atoms with Gasteiger partial charge in [0, 0.05) is 22.8 Å². The number of aryl methyl sites for hydroxylation is 1. The van der Waals surface area contributed by atoms with E-state index in [9.17, 15) is 0 Å². The van der Waals surface area contributed by atoms with Crippen molar-refractivity contribution in [2.75, 3.05) is 32.7 Å². The Hall–Kier alpha value is -0.340. The molecule has 6 heteroatoms. The first-order chi connectivity index (χ1) is 11.7. The van der Waals surface area contributed by atoms with Crippen LogP contribution in [0, 0.1) is 12.8 Å². The number of nitrogens with one attached hydrogen (secondary N) is 2. The van der Waals surface area contributed by atoms with Crippen molar-refractivity contribution in [3.05, 3.63) is 21.9 Å². The summed E-state index contributed by atoms with van der Waals surface area (Å²) in [6.45, 7) is 13.1. The molecule has 1 aliphatic rings. The number of piperidine rings is 1. The van der Waals surface area contributed by atoms with Gasteiger partial charge in [0.1, 0.15) is 0 Å². The summed E-state index contributed by atoms with van der Waals surface area (Å²) in [6.07, 6.45) is 5.22. The van der Waals surface area contributed by atoms with Crippen molar-refractivity contribution in [2.24, 2.45) is 10.9 Å². The van der Waals surface area contributed by atoms with Gasteiger partial charge in [-0.05, 0) is 77.2 Å². The van der Waals surface area contributed by atoms with Crippen molar-refractivity contribution < 1.29 is 0 Å². The van der Waals surface area contributed by atoms with Gasteiger partial charge in [-0.15, -0.1) is 35.3 Å². The van der Waals surface area contributed by atoms with Crippen LogP contribution in [0.3, 0.4) is 0 Å². The Morgan fingerprint density at radius 2 is 2.00 bits per heavy atom. The molecule has 144 valence electrons. The minimum Gasteiger partial charge on any atom is -0.357 e. The van der Waals surface area contributed by atoms with E-state index in [1.165, 1.54) is 55.1 Å². The molecule has 1 aliphatic heterocycles. The number of nitrogens with zero attached hydrogens (tertiary/aromatic N) is 2. The Labute approximate surface area is 174 Å². The second-order valence-electron chi connectivity index (χ2n) is 6.87. The van der Waals surface area contributed by atoms with Gasteiger partial charge in [-0.1, -0.05) is 6.92 Å². The molecule has 2 heterocycles. The molecule has 0 unspecified atom stereocenters. The summed E-state index contributed by atoms with van der Waals surface area (Å²) < 4.78 is 0. The maximum absolute atomic E-state index is 4.69. The molecule has 1 fully saturated rings. The number of likely N-dealkylation sites (tertiary alicyclic amines) is 1. The number of unbranched alkanes of at least 4 members (excludes halogenated alkanes) is 1. The highest BCUT2D eigenvalue weighted by Crippen LogP contribution is 2.16. The lowest BCUT2D eigenvalue weighted by atomic mass is 9.99. The van der Waals surface area contributed by atoms with E-state index in [2.05, 4.69) is 53.4 Å². The zero-order chi connectivity index (χ0) is 17.2. The van der Waals surface area contributed by atoms with Crippen molar-refractivity contribution >= 4 is 41.3 Å². The fourth-order valence-electron chi connectivity index (χ4n) is 3.02. The highest BCUT2D eigenvalue weighted by atomic mass is 127. The SMILES string of the molecule is CCNC(=NCc1ccc(C)s1)NCCCCN1CCC(C)CC1.I. The number of thiophene rings is 1. The third-order valence-electron chi connectivity index (χ3n) is 4.60. The number of rotatable bonds is 8. The van der Waals surface area contributed by atoms with Crippen LogP contribution in [0.4, 0.5) is 0 Å². The first-order valence-electron chi connectivity index (χ1n) is 9.47. The predicted octanol–water partition coefficient (Wildman–Crippen LogP) is 4.24. The van der Waals surface area contributed by atoms with Crippen molar-refractivity contribution in [3.8, 4) is 0 Å². The van der Waals surface area contributed by atoms with E-state index in [0.29, 0.717) is 0 Å². The summed E-state index contributed by atoms with van der Waals surface area (Å²) in [4.78, 5) is 9.99. The molecule has 0 radical (unpaired) electrons. The molecule has 0 aliphatic carbocycles. The largest absolute Gasteiger partial charge is 0.357 e. The molecule has 25 heavy (non-hydrogen) atoms. The van der Waals surface area contributed by atoms with Gasteiger partial charge in [0.15, 0.2) is 5.96 Å². The molecule has 1 aromatic rings. The third kappa shape index (κ3) is 9.24. The van der Waals surface area contributed by atoms with Crippen LogP contribution in [0.5, 0.6) is 0 Å². The Bertz CT molecular complexity index is 495. The van der Waals surface area contributed by atoms with Gasteiger partial charge in [-0.2, -0.15) is 0 Å². The number of aliphatic imine (C=N–C) groups is 1. The van der Waals surface area contributed by atoms with Gasteiger partial charge in [-0.3, -0.25) is 0 Å². The highest BCUT2D eigenvalue weighted by molar-refractivity contribution is 14.0. The molecule has 2 N–H and O–H groups in total. The quantitative estimate of drug-likeness (QED) is 0.254. The second-order valence-corrected chi connectivity index (χ2v) is 8.24. The van der Waals surface area contributed by atoms with Gasteiger partial charge < -0.3 is 15.5 Å². The number of halogens is 1. The zero-order valence-electron chi connectivity index (χ0n) is 16.0. The monoisotopic (exact) mass is 478 g/mol. The van der Waals surface area contributed by atoms with Crippen LogP contribution in [0.2, 0.25) is 0 Å². The van der Waals surface area contributed by atoms with Gasteiger partial charge in [0.05, 0.1) is 6.54 Å². The van der Waals surface area contributed by atoms with Crippen LogP contribution in [0.1, 0.15) is 49.3 Å². The molecule has 1 saturated heterocycles. The van der Waals surface area contributed by atoms with Crippen LogP contribution in [-0.4, -0.2) is 43.6 Å². The lowest BCUT2D eigenvalue weighted by Gasteiger charge is -2.30. The maximum atomic E-state index is 4.69. The Morgan fingerprint density at radius 3 is 2.64 bits per heavy atom. The smallest absolute Gasteiger partial charge is 0.191 e. The molecule has 4 nitrogen and oxygen atoms in total. The molecule has 2 rings (SSSR count). The average molecular weight is 478 g/mol. The summed E-state index contributed by atoms with van der Waals surface area (Å²) in [5, 5.41) is 6.81. The van der Waals surface area contributed by atoms with Gasteiger partial charge in [-0.25, -0.2) is 4.99 Å². The lowest BCUT2D eigenvalue weighted by Crippen LogP contribution is -2.38. The summed E-state index contributed by atoms with van der Waals surface area (Å²) in [6, 6.07) is 4.34. The van der Waals surface area contributed by atoms with Gasteiger partial charge >= 0.3 is 0 Å². The molecular formula is C19H35IN4S.